The zero-order valence-corrected chi connectivity index (χ0v) is 15.6. The Kier molecular flexibility index (Phi) is 7.97. The van der Waals surface area contributed by atoms with E-state index in [2.05, 4.69) is 41.5 Å². The highest BCUT2D eigenvalue weighted by Crippen LogP contribution is 2.41. The van der Waals surface area contributed by atoms with Gasteiger partial charge in [0.2, 0.25) is 0 Å². The molecule has 0 radical (unpaired) electrons. The summed E-state index contributed by atoms with van der Waals surface area (Å²) in [7, 11) is 0. The van der Waals surface area contributed by atoms with Crippen LogP contribution in [0.3, 0.4) is 0 Å². The molecule has 2 heteroatoms. The molecule has 21 heavy (non-hydrogen) atoms. The molecule has 0 bridgehead atoms. The Hall–Kier alpha value is -0.340. The standard InChI is InChI=1S/C19H38N2/c1-7-20(8-2)15-16-21(9-3)14-12-18-17(4)11-10-13-19(18,5)6/h7-16H2,1-6H3/p+2. The van der Waals surface area contributed by atoms with E-state index in [9.17, 15) is 0 Å². The van der Waals surface area contributed by atoms with Gasteiger partial charge in [0.15, 0.2) is 0 Å². The normalized spacial score (nSPS) is 20.1. The summed E-state index contributed by atoms with van der Waals surface area (Å²) in [5, 5.41) is 0. The van der Waals surface area contributed by atoms with Gasteiger partial charge in [0.25, 0.3) is 0 Å². The van der Waals surface area contributed by atoms with E-state index in [4.69, 9.17) is 0 Å². The van der Waals surface area contributed by atoms with Gasteiger partial charge in [-0.1, -0.05) is 25.0 Å². The van der Waals surface area contributed by atoms with Crippen LogP contribution in [0, 0.1) is 5.41 Å². The Morgan fingerprint density at radius 3 is 2.00 bits per heavy atom. The number of quaternary nitrogens is 2. The van der Waals surface area contributed by atoms with Crippen molar-refractivity contribution in [2.75, 3.05) is 39.3 Å². The largest absolute Gasteiger partial charge is 0.331 e. The molecule has 0 saturated carbocycles. The molecule has 0 spiro atoms. The highest BCUT2D eigenvalue weighted by atomic mass is 15.2. The topological polar surface area (TPSA) is 8.88 Å². The molecule has 0 fully saturated rings. The Morgan fingerprint density at radius 2 is 1.48 bits per heavy atom. The van der Waals surface area contributed by atoms with Gasteiger partial charge in [-0.2, -0.15) is 0 Å². The summed E-state index contributed by atoms with van der Waals surface area (Å²) in [5.41, 5.74) is 3.91. The Balaban J connectivity index is 2.51. The van der Waals surface area contributed by atoms with Crippen molar-refractivity contribution in [3.05, 3.63) is 11.1 Å². The van der Waals surface area contributed by atoms with Crippen molar-refractivity contribution < 1.29 is 9.80 Å². The van der Waals surface area contributed by atoms with Crippen LogP contribution in [0.2, 0.25) is 0 Å². The van der Waals surface area contributed by atoms with E-state index in [0.717, 1.165) is 0 Å². The van der Waals surface area contributed by atoms with Crippen LogP contribution in [-0.4, -0.2) is 39.3 Å². The van der Waals surface area contributed by atoms with Crippen molar-refractivity contribution in [3.8, 4) is 0 Å². The zero-order valence-electron chi connectivity index (χ0n) is 15.6. The van der Waals surface area contributed by atoms with Crippen molar-refractivity contribution in [2.24, 2.45) is 5.41 Å². The minimum absolute atomic E-state index is 0.450. The Morgan fingerprint density at radius 1 is 0.905 bits per heavy atom. The zero-order chi connectivity index (χ0) is 15.9. The van der Waals surface area contributed by atoms with Crippen molar-refractivity contribution in [1.82, 2.24) is 0 Å². The van der Waals surface area contributed by atoms with E-state index < -0.39 is 0 Å². The fraction of sp³-hybridized carbons (Fsp3) is 0.895. The van der Waals surface area contributed by atoms with Gasteiger partial charge in [0, 0.05) is 6.42 Å². The van der Waals surface area contributed by atoms with E-state index in [-0.39, 0.29) is 0 Å². The van der Waals surface area contributed by atoms with Gasteiger partial charge in [-0.3, -0.25) is 0 Å². The number of nitrogens with one attached hydrogen (secondary N) is 2. The lowest BCUT2D eigenvalue weighted by atomic mass is 9.71. The highest BCUT2D eigenvalue weighted by molar-refractivity contribution is 5.22. The second-order valence-corrected chi connectivity index (χ2v) is 7.56. The molecule has 1 aliphatic carbocycles. The summed E-state index contributed by atoms with van der Waals surface area (Å²) < 4.78 is 0. The maximum atomic E-state index is 2.46. The van der Waals surface area contributed by atoms with Gasteiger partial charge in [-0.05, 0) is 52.4 Å². The molecule has 0 aromatic carbocycles. The molecule has 0 amide bonds. The van der Waals surface area contributed by atoms with E-state index in [0.29, 0.717) is 5.41 Å². The van der Waals surface area contributed by atoms with E-state index in [1.54, 1.807) is 20.9 Å². The van der Waals surface area contributed by atoms with Crippen LogP contribution in [0.15, 0.2) is 11.1 Å². The summed E-state index contributed by atoms with van der Waals surface area (Å²) in [5.74, 6) is 0. The first-order valence-corrected chi connectivity index (χ1v) is 9.30. The molecule has 1 unspecified atom stereocenters. The molecule has 0 aromatic rings. The van der Waals surface area contributed by atoms with Gasteiger partial charge in [-0.25, -0.2) is 0 Å². The van der Waals surface area contributed by atoms with Crippen LogP contribution in [-0.2, 0) is 0 Å². The highest BCUT2D eigenvalue weighted by Gasteiger charge is 2.28. The third-order valence-electron chi connectivity index (χ3n) is 5.75. The van der Waals surface area contributed by atoms with Crippen LogP contribution in [0.1, 0.15) is 67.2 Å². The quantitative estimate of drug-likeness (QED) is 0.600. The third-order valence-corrected chi connectivity index (χ3v) is 5.75. The number of hydrogen-bond acceptors (Lipinski definition) is 0. The molecule has 124 valence electrons. The molecule has 1 rings (SSSR count). The second-order valence-electron chi connectivity index (χ2n) is 7.56. The first-order valence-electron chi connectivity index (χ1n) is 9.30. The molecule has 2 N–H and O–H groups in total. The first kappa shape index (κ1) is 18.7. The second kappa shape index (κ2) is 8.95. The SMILES string of the molecule is CC[NH+](CC)CC[NH+](CC)CCC1=C(C)CCCC1(C)C. The molecular formula is C19H40N2+2. The summed E-state index contributed by atoms with van der Waals surface area (Å²) in [6.07, 6.45) is 5.42. The fourth-order valence-corrected chi connectivity index (χ4v) is 3.96. The number of rotatable bonds is 9. The van der Waals surface area contributed by atoms with Crippen molar-refractivity contribution >= 4 is 0 Å². The Labute approximate surface area is 133 Å². The van der Waals surface area contributed by atoms with Crippen LogP contribution >= 0.6 is 0 Å². The maximum absolute atomic E-state index is 2.46. The maximum Gasteiger partial charge on any atom is 0.127 e. The monoisotopic (exact) mass is 296 g/mol. The predicted octanol–water partition coefficient (Wildman–Crippen LogP) is 1.73. The third kappa shape index (κ3) is 5.75. The smallest absolute Gasteiger partial charge is 0.127 e. The average molecular weight is 297 g/mol. The number of allylic oxidation sites excluding steroid dienone is 1. The van der Waals surface area contributed by atoms with E-state index in [1.165, 1.54) is 65.0 Å². The van der Waals surface area contributed by atoms with Gasteiger partial charge >= 0.3 is 0 Å². The molecule has 1 aliphatic rings. The molecular weight excluding hydrogens is 256 g/mol. The molecule has 0 aromatic heterocycles. The number of hydrogen-bond donors (Lipinski definition) is 2. The molecule has 0 saturated heterocycles. The summed E-state index contributed by atoms with van der Waals surface area (Å²) in [4.78, 5) is 3.53. The molecule has 1 atom stereocenters. The van der Waals surface area contributed by atoms with E-state index >= 15 is 0 Å². The lowest BCUT2D eigenvalue weighted by molar-refractivity contribution is -0.955. The minimum Gasteiger partial charge on any atom is -0.331 e. The molecule has 0 aliphatic heterocycles. The number of likely N-dealkylation sites (N-methyl/N-ethyl adjacent to an activating group) is 2. The lowest BCUT2D eigenvalue weighted by Gasteiger charge is -2.35. The van der Waals surface area contributed by atoms with Crippen LogP contribution in [0.5, 0.6) is 0 Å². The van der Waals surface area contributed by atoms with Crippen LogP contribution in [0.4, 0.5) is 0 Å². The molecule has 2 nitrogen and oxygen atoms in total. The van der Waals surface area contributed by atoms with Crippen molar-refractivity contribution in [2.45, 2.75) is 67.2 Å². The summed E-state index contributed by atoms with van der Waals surface area (Å²) >= 11 is 0. The Bertz CT molecular complexity index is 326. The first-order chi connectivity index (χ1) is 9.94. The van der Waals surface area contributed by atoms with Crippen LogP contribution < -0.4 is 9.80 Å². The summed E-state index contributed by atoms with van der Waals surface area (Å²) in [6.45, 7) is 22.1. The average Bonchev–Trinajstić information content (AvgIpc) is 2.44. The minimum atomic E-state index is 0.450. The molecule has 0 heterocycles. The lowest BCUT2D eigenvalue weighted by Crippen LogP contribution is -3.20. The van der Waals surface area contributed by atoms with Gasteiger partial charge in [0.1, 0.15) is 13.1 Å². The summed E-state index contributed by atoms with van der Waals surface area (Å²) in [6, 6.07) is 0. The van der Waals surface area contributed by atoms with Crippen molar-refractivity contribution in [1.29, 1.82) is 0 Å². The van der Waals surface area contributed by atoms with Gasteiger partial charge in [0.05, 0.1) is 26.2 Å². The van der Waals surface area contributed by atoms with Crippen molar-refractivity contribution in [3.63, 3.8) is 0 Å². The fourth-order valence-electron chi connectivity index (χ4n) is 3.96. The predicted molar refractivity (Wildman–Crippen MR) is 93.1 cm³/mol. The van der Waals surface area contributed by atoms with Crippen LogP contribution in [0.25, 0.3) is 0 Å². The van der Waals surface area contributed by atoms with Gasteiger partial charge in [-0.15, -0.1) is 0 Å². The van der Waals surface area contributed by atoms with E-state index in [1.807, 2.05) is 0 Å². The van der Waals surface area contributed by atoms with Gasteiger partial charge < -0.3 is 9.80 Å².